The first-order chi connectivity index (χ1) is 10.6. The third kappa shape index (κ3) is 1.78. The van der Waals surface area contributed by atoms with Crippen LogP contribution < -0.4 is 5.01 Å². The molecule has 0 aliphatic carbocycles. The summed E-state index contributed by atoms with van der Waals surface area (Å²) in [6.07, 6.45) is 2.11. The van der Waals surface area contributed by atoms with Gasteiger partial charge in [-0.2, -0.15) is 0 Å². The maximum absolute atomic E-state index is 12.9. The van der Waals surface area contributed by atoms with E-state index in [0.717, 1.165) is 22.5 Å². The topological polar surface area (TPSA) is 23.6 Å². The van der Waals surface area contributed by atoms with E-state index in [-0.39, 0.29) is 11.3 Å². The summed E-state index contributed by atoms with van der Waals surface area (Å²) in [5, 5.41) is 3.96. The smallest absolute Gasteiger partial charge is 0.253 e. The van der Waals surface area contributed by atoms with E-state index >= 15 is 0 Å². The monoisotopic (exact) mass is 290 g/mol. The van der Waals surface area contributed by atoms with Crippen LogP contribution in [0.1, 0.15) is 25.0 Å². The molecule has 0 saturated carbocycles. The van der Waals surface area contributed by atoms with Gasteiger partial charge in [0.15, 0.2) is 0 Å². The van der Waals surface area contributed by atoms with Gasteiger partial charge in [0, 0.05) is 11.1 Å². The number of carbonyl (C=O) groups excluding carboxylic acids is 1. The van der Waals surface area contributed by atoms with Crippen LogP contribution in [-0.4, -0.2) is 17.5 Å². The highest BCUT2D eigenvalue weighted by atomic mass is 16.2. The summed E-state index contributed by atoms with van der Waals surface area (Å²) in [4.78, 5) is 12.9. The maximum atomic E-state index is 12.9. The van der Waals surface area contributed by atoms with Gasteiger partial charge >= 0.3 is 0 Å². The van der Waals surface area contributed by atoms with Gasteiger partial charge in [0.25, 0.3) is 5.91 Å². The van der Waals surface area contributed by atoms with Gasteiger partial charge in [-0.1, -0.05) is 48.5 Å². The first-order valence-electron chi connectivity index (χ1n) is 7.56. The van der Waals surface area contributed by atoms with Crippen molar-refractivity contribution in [3.8, 4) is 0 Å². The SMILES string of the molecule is CC1(C)CN2c3ccccc3C=C(c3ccccc3)N2C1=O. The van der Waals surface area contributed by atoms with Crippen molar-refractivity contribution in [1.82, 2.24) is 5.01 Å². The van der Waals surface area contributed by atoms with Crippen LogP contribution in [0, 0.1) is 5.41 Å². The molecule has 2 aromatic carbocycles. The van der Waals surface area contributed by atoms with Crippen LogP contribution in [0.3, 0.4) is 0 Å². The number of anilines is 1. The largest absolute Gasteiger partial charge is 0.277 e. The van der Waals surface area contributed by atoms with Gasteiger partial charge in [-0.15, -0.1) is 0 Å². The summed E-state index contributed by atoms with van der Waals surface area (Å²) in [6.45, 7) is 4.73. The van der Waals surface area contributed by atoms with Gasteiger partial charge in [-0.3, -0.25) is 9.80 Å². The molecule has 2 heterocycles. The van der Waals surface area contributed by atoms with Crippen LogP contribution in [0.4, 0.5) is 5.69 Å². The van der Waals surface area contributed by atoms with Crippen molar-refractivity contribution in [2.75, 3.05) is 11.6 Å². The molecule has 0 unspecified atom stereocenters. The Morgan fingerprint density at radius 1 is 0.955 bits per heavy atom. The Morgan fingerprint density at radius 2 is 1.64 bits per heavy atom. The first kappa shape index (κ1) is 13.1. The lowest BCUT2D eigenvalue weighted by Crippen LogP contribution is -2.40. The maximum Gasteiger partial charge on any atom is 0.253 e. The summed E-state index contributed by atoms with van der Waals surface area (Å²) in [7, 11) is 0. The average molecular weight is 290 g/mol. The lowest BCUT2D eigenvalue weighted by Gasteiger charge is -2.36. The molecule has 2 aliphatic heterocycles. The van der Waals surface area contributed by atoms with Crippen molar-refractivity contribution in [3.05, 3.63) is 65.7 Å². The van der Waals surface area contributed by atoms with E-state index in [0.29, 0.717) is 6.54 Å². The van der Waals surface area contributed by atoms with Crippen LogP contribution in [0.5, 0.6) is 0 Å². The zero-order chi connectivity index (χ0) is 15.3. The van der Waals surface area contributed by atoms with E-state index in [1.807, 2.05) is 49.2 Å². The summed E-state index contributed by atoms with van der Waals surface area (Å²) in [5.41, 5.74) is 3.89. The average Bonchev–Trinajstić information content (AvgIpc) is 2.78. The normalized spacial score (nSPS) is 18.8. The van der Waals surface area contributed by atoms with E-state index in [2.05, 4.69) is 35.4 Å². The number of amides is 1. The molecule has 0 aromatic heterocycles. The fourth-order valence-electron chi connectivity index (χ4n) is 3.21. The van der Waals surface area contributed by atoms with Crippen LogP contribution in [0.15, 0.2) is 54.6 Å². The van der Waals surface area contributed by atoms with Crippen molar-refractivity contribution in [3.63, 3.8) is 0 Å². The zero-order valence-electron chi connectivity index (χ0n) is 12.8. The second-order valence-corrected chi connectivity index (χ2v) is 6.51. The van der Waals surface area contributed by atoms with Gasteiger partial charge in [0.2, 0.25) is 0 Å². The van der Waals surface area contributed by atoms with Gasteiger partial charge in [-0.05, 0) is 26.0 Å². The predicted octanol–water partition coefficient (Wildman–Crippen LogP) is 3.79. The van der Waals surface area contributed by atoms with E-state index in [9.17, 15) is 4.79 Å². The number of hydrazine groups is 1. The fourth-order valence-corrected chi connectivity index (χ4v) is 3.21. The first-order valence-corrected chi connectivity index (χ1v) is 7.56. The Hall–Kier alpha value is -2.55. The molecule has 1 amide bonds. The van der Waals surface area contributed by atoms with Crippen LogP contribution in [0.2, 0.25) is 0 Å². The molecule has 3 heteroatoms. The summed E-state index contributed by atoms with van der Waals surface area (Å²) in [5.74, 6) is 0.150. The van der Waals surface area contributed by atoms with Crippen LogP contribution in [0.25, 0.3) is 11.8 Å². The van der Waals surface area contributed by atoms with Crippen molar-refractivity contribution >= 4 is 23.4 Å². The molecule has 0 atom stereocenters. The number of fused-ring (bicyclic) bond motifs is 3. The van der Waals surface area contributed by atoms with Crippen LogP contribution >= 0.6 is 0 Å². The number of benzene rings is 2. The van der Waals surface area contributed by atoms with Crippen molar-refractivity contribution in [2.24, 2.45) is 5.41 Å². The van der Waals surface area contributed by atoms with E-state index in [4.69, 9.17) is 0 Å². The minimum Gasteiger partial charge on any atom is -0.277 e. The lowest BCUT2D eigenvalue weighted by atomic mass is 9.94. The fraction of sp³-hybridized carbons (Fsp3) is 0.211. The Bertz CT molecular complexity index is 777. The second-order valence-electron chi connectivity index (χ2n) is 6.51. The molecule has 110 valence electrons. The minimum atomic E-state index is -0.384. The molecule has 1 fully saturated rings. The van der Waals surface area contributed by atoms with Gasteiger partial charge in [0.05, 0.1) is 23.3 Å². The molecular weight excluding hydrogens is 272 g/mol. The number of rotatable bonds is 1. The van der Waals surface area contributed by atoms with E-state index < -0.39 is 0 Å². The number of hydrogen-bond donors (Lipinski definition) is 0. The van der Waals surface area contributed by atoms with Crippen molar-refractivity contribution < 1.29 is 4.79 Å². The molecular formula is C19H18N2O. The molecule has 3 nitrogen and oxygen atoms in total. The highest BCUT2D eigenvalue weighted by molar-refractivity contribution is 6.02. The van der Waals surface area contributed by atoms with Crippen molar-refractivity contribution in [1.29, 1.82) is 0 Å². The summed E-state index contributed by atoms with van der Waals surface area (Å²) >= 11 is 0. The standard InChI is InChI=1S/C19H18N2O/c1-19(2)13-20-16-11-7-6-10-15(16)12-17(21(20)18(19)22)14-8-4-3-5-9-14/h3-12H,13H2,1-2H3. The number of para-hydroxylation sites is 1. The molecule has 0 bridgehead atoms. The number of hydrogen-bond acceptors (Lipinski definition) is 2. The molecule has 0 spiro atoms. The summed E-state index contributed by atoms with van der Waals surface area (Å²) in [6, 6.07) is 18.4. The molecule has 0 N–H and O–H groups in total. The molecule has 4 rings (SSSR count). The Morgan fingerprint density at radius 3 is 2.41 bits per heavy atom. The van der Waals surface area contributed by atoms with Gasteiger partial charge < -0.3 is 0 Å². The number of nitrogens with zero attached hydrogens (tertiary/aromatic N) is 2. The van der Waals surface area contributed by atoms with Crippen molar-refractivity contribution in [2.45, 2.75) is 13.8 Å². The zero-order valence-corrected chi connectivity index (χ0v) is 12.8. The third-order valence-electron chi connectivity index (χ3n) is 4.36. The highest BCUT2D eigenvalue weighted by Crippen LogP contribution is 2.43. The molecule has 1 saturated heterocycles. The van der Waals surface area contributed by atoms with Gasteiger partial charge in [0.1, 0.15) is 0 Å². The van der Waals surface area contributed by atoms with Crippen LogP contribution in [-0.2, 0) is 4.79 Å². The third-order valence-corrected chi connectivity index (χ3v) is 4.36. The van der Waals surface area contributed by atoms with Gasteiger partial charge in [-0.25, -0.2) is 5.01 Å². The second kappa shape index (κ2) is 4.47. The van der Waals surface area contributed by atoms with E-state index in [1.54, 1.807) is 0 Å². The Labute approximate surface area is 130 Å². The summed E-state index contributed by atoms with van der Waals surface area (Å²) < 4.78 is 0. The lowest BCUT2D eigenvalue weighted by molar-refractivity contribution is -0.131. The van der Waals surface area contributed by atoms with E-state index in [1.165, 1.54) is 0 Å². The minimum absolute atomic E-state index is 0.150. The quantitative estimate of drug-likeness (QED) is 0.798. The number of carbonyl (C=O) groups is 1. The molecule has 22 heavy (non-hydrogen) atoms. The predicted molar refractivity (Wildman–Crippen MR) is 88.7 cm³/mol. The Balaban J connectivity index is 1.94. The molecule has 0 radical (unpaired) electrons. The Kier molecular flexibility index (Phi) is 2.67. The highest BCUT2D eigenvalue weighted by Gasteiger charge is 2.47. The molecule has 2 aliphatic rings. The molecule has 2 aromatic rings.